The maximum atomic E-state index is 12.6. The van der Waals surface area contributed by atoms with Crippen LogP contribution in [0.2, 0.25) is 0 Å². The van der Waals surface area contributed by atoms with Crippen molar-refractivity contribution in [3.05, 3.63) is 46.2 Å². The van der Waals surface area contributed by atoms with E-state index in [1.54, 1.807) is 28.0 Å². The monoisotopic (exact) mass is 443 g/mol. The van der Waals surface area contributed by atoms with E-state index in [0.29, 0.717) is 19.6 Å². The normalized spacial score (nSPS) is 15.3. The molecule has 2 aliphatic heterocycles. The average Bonchev–Trinajstić information content (AvgIpc) is 3.25. The number of nitrogens with one attached hydrogen (secondary N) is 1. The van der Waals surface area contributed by atoms with Crippen LogP contribution in [0.25, 0.3) is 0 Å². The van der Waals surface area contributed by atoms with Gasteiger partial charge in [0.25, 0.3) is 0 Å². The fourth-order valence-electron chi connectivity index (χ4n) is 3.80. The van der Waals surface area contributed by atoms with E-state index >= 15 is 0 Å². The van der Waals surface area contributed by atoms with Crippen molar-refractivity contribution >= 4 is 46.5 Å². The van der Waals surface area contributed by atoms with Gasteiger partial charge in [0.15, 0.2) is 0 Å². The first-order valence-corrected chi connectivity index (χ1v) is 12.1. The van der Waals surface area contributed by atoms with Gasteiger partial charge in [-0.3, -0.25) is 14.4 Å². The lowest BCUT2D eigenvalue weighted by atomic mass is 10.1. The van der Waals surface area contributed by atoms with Gasteiger partial charge in [0.1, 0.15) is 0 Å². The van der Waals surface area contributed by atoms with Gasteiger partial charge in [0.2, 0.25) is 17.7 Å². The summed E-state index contributed by atoms with van der Waals surface area (Å²) in [6.07, 6.45) is 1.51. The van der Waals surface area contributed by atoms with E-state index < -0.39 is 0 Å². The molecule has 1 N–H and O–H groups in total. The molecule has 0 spiro atoms. The van der Waals surface area contributed by atoms with Crippen LogP contribution in [0, 0.1) is 0 Å². The number of thiophene rings is 1. The smallest absolute Gasteiger partial charge is 0.227 e. The Hall–Kier alpha value is -2.32. The first kappa shape index (κ1) is 20.9. The van der Waals surface area contributed by atoms with E-state index in [2.05, 4.69) is 16.8 Å². The van der Waals surface area contributed by atoms with Crippen molar-refractivity contribution in [2.24, 2.45) is 0 Å². The van der Waals surface area contributed by atoms with Crippen LogP contribution in [-0.2, 0) is 27.3 Å². The third-order valence-corrected chi connectivity index (χ3v) is 7.48. The highest BCUT2D eigenvalue weighted by atomic mass is 32.2. The van der Waals surface area contributed by atoms with Gasteiger partial charge in [-0.05, 0) is 35.6 Å². The lowest BCUT2D eigenvalue weighted by Crippen LogP contribution is -2.38. The summed E-state index contributed by atoms with van der Waals surface area (Å²) >= 11 is 3.50. The highest BCUT2D eigenvalue weighted by Crippen LogP contribution is 2.34. The van der Waals surface area contributed by atoms with Gasteiger partial charge in [-0.1, -0.05) is 12.1 Å². The summed E-state index contributed by atoms with van der Waals surface area (Å²) in [6, 6.07) is 9.95. The van der Waals surface area contributed by atoms with E-state index in [1.165, 1.54) is 10.4 Å². The van der Waals surface area contributed by atoms with E-state index in [9.17, 15) is 14.4 Å². The third-order valence-electron chi connectivity index (χ3n) is 5.42. The summed E-state index contributed by atoms with van der Waals surface area (Å²) in [6.45, 7) is 2.38. The van der Waals surface area contributed by atoms with Crippen molar-refractivity contribution in [2.75, 3.05) is 30.3 Å². The summed E-state index contributed by atoms with van der Waals surface area (Å²) in [5, 5.41) is 4.86. The third kappa shape index (κ3) is 4.87. The Kier molecular flexibility index (Phi) is 6.74. The van der Waals surface area contributed by atoms with Gasteiger partial charge in [-0.15, -0.1) is 23.1 Å². The first-order valence-electron chi connectivity index (χ1n) is 10.2. The van der Waals surface area contributed by atoms with Crippen molar-refractivity contribution in [3.8, 4) is 0 Å². The SMILES string of the molecule is O=C(CCC(=O)N1CCSc2ccccc21)NCCC(=O)N1CCc2sccc2C1. The van der Waals surface area contributed by atoms with Crippen molar-refractivity contribution in [3.63, 3.8) is 0 Å². The predicted octanol–water partition coefficient (Wildman–Crippen LogP) is 3.06. The molecule has 0 atom stereocenters. The summed E-state index contributed by atoms with van der Waals surface area (Å²) in [4.78, 5) is 43.3. The molecule has 0 aliphatic carbocycles. The summed E-state index contributed by atoms with van der Waals surface area (Å²) in [7, 11) is 0. The lowest BCUT2D eigenvalue weighted by Gasteiger charge is -2.29. The number of fused-ring (bicyclic) bond motifs is 2. The minimum atomic E-state index is -0.186. The average molecular weight is 444 g/mol. The molecule has 0 saturated carbocycles. The van der Waals surface area contributed by atoms with E-state index in [0.717, 1.165) is 29.3 Å². The van der Waals surface area contributed by atoms with Crippen molar-refractivity contribution in [1.82, 2.24) is 10.2 Å². The molecule has 2 aliphatic rings. The molecule has 6 nitrogen and oxygen atoms in total. The molecule has 4 rings (SSSR count). The number of anilines is 1. The Labute approximate surface area is 184 Å². The second-order valence-corrected chi connectivity index (χ2v) is 9.53. The zero-order chi connectivity index (χ0) is 20.9. The van der Waals surface area contributed by atoms with Crippen LogP contribution in [0.1, 0.15) is 29.7 Å². The van der Waals surface area contributed by atoms with E-state index in [4.69, 9.17) is 0 Å². The molecule has 0 unspecified atom stereocenters. The molecule has 0 bridgehead atoms. The minimum Gasteiger partial charge on any atom is -0.356 e. The molecule has 0 radical (unpaired) electrons. The quantitative estimate of drug-likeness (QED) is 0.745. The number of carbonyl (C=O) groups excluding carboxylic acids is 3. The highest BCUT2D eigenvalue weighted by molar-refractivity contribution is 7.99. The zero-order valence-corrected chi connectivity index (χ0v) is 18.4. The minimum absolute atomic E-state index is 0.0335. The molecule has 2 aromatic rings. The Morgan fingerprint density at radius 1 is 1.00 bits per heavy atom. The number of nitrogens with zero attached hydrogens (tertiary/aromatic N) is 2. The zero-order valence-electron chi connectivity index (χ0n) is 16.8. The molecule has 1 aromatic carbocycles. The number of thioether (sulfide) groups is 1. The van der Waals surface area contributed by atoms with Crippen molar-refractivity contribution in [1.29, 1.82) is 0 Å². The maximum Gasteiger partial charge on any atom is 0.227 e. The first-order chi connectivity index (χ1) is 14.6. The van der Waals surface area contributed by atoms with Gasteiger partial charge in [-0.25, -0.2) is 0 Å². The topological polar surface area (TPSA) is 69.7 Å². The van der Waals surface area contributed by atoms with Gasteiger partial charge in [-0.2, -0.15) is 0 Å². The Bertz CT molecular complexity index is 943. The van der Waals surface area contributed by atoms with Crippen LogP contribution in [0.4, 0.5) is 5.69 Å². The number of para-hydroxylation sites is 1. The van der Waals surface area contributed by atoms with Crippen molar-refractivity contribution in [2.45, 2.75) is 37.1 Å². The molecular formula is C22H25N3O3S2. The number of hydrogen-bond donors (Lipinski definition) is 1. The summed E-state index contributed by atoms with van der Waals surface area (Å²) < 4.78 is 0. The van der Waals surface area contributed by atoms with E-state index in [1.807, 2.05) is 29.2 Å². The van der Waals surface area contributed by atoms with Gasteiger partial charge < -0.3 is 15.1 Å². The van der Waals surface area contributed by atoms with Crippen molar-refractivity contribution < 1.29 is 14.4 Å². The van der Waals surface area contributed by atoms with Gasteiger partial charge >= 0.3 is 0 Å². The standard InChI is InChI=1S/C22H25N3O3S2/c26-20(5-6-22(28)25-12-14-30-19-4-2-1-3-17(19)25)23-10-7-21(27)24-11-8-18-16(15-24)9-13-29-18/h1-4,9,13H,5-8,10-12,14-15H2,(H,23,26). The maximum absolute atomic E-state index is 12.6. The number of benzene rings is 1. The van der Waals surface area contributed by atoms with E-state index in [-0.39, 0.29) is 37.0 Å². The van der Waals surface area contributed by atoms with Crippen LogP contribution in [0.15, 0.2) is 40.6 Å². The van der Waals surface area contributed by atoms with Crippen LogP contribution in [0.5, 0.6) is 0 Å². The molecule has 8 heteroatoms. The van der Waals surface area contributed by atoms with Crippen LogP contribution in [0.3, 0.4) is 0 Å². The second kappa shape index (κ2) is 9.66. The number of carbonyl (C=O) groups is 3. The molecular weight excluding hydrogens is 418 g/mol. The summed E-state index contributed by atoms with van der Waals surface area (Å²) in [5.74, 6) is 0.703. The molecule has 30 heavy (non-hydrogen) atoms. The Morgan fingerprint density at radius 2 is 1.87 bits per heavy atom. The molecule has 0 fully saturated rings. The van der Waals surface area contributed by atoms with Gasteiger partial charge in [0.05, 0.1) is 5.69 Å². The lowest BCUT2D eigenvalue weighted by molar-refractivity contribution is -0.132. The van der Waals surface area contributed by atoms with Crippen LogP contribution < -0.4 is 10.2 Å². The van der Waals surface area contributed by atoms with Gasteiger partial charge in [0, 0.05) is 61.0 Å². The molecule has 1 aromatic heterocycles. The van der Waals surface area contributed by atoms with Crippen LogP contribution >= 0.6 is 23.1 Å². The second-order valence-electron chi connectivity index (χ2n) is 7.40. The fraction of sp³-hybridized carbons (Fsp3) is 0.409. The Balaban J connectivity index is 1.18. The van der Waals surface area contributed by atoms with Crippen LogP contribution in [-0.4, -0.2) is 48.0 Å². The predicted molar refractivity (Wildman–Crippen MR) is 120 cm³/mol. The molecule has 0 saturated heterocycles. The number of rotatable bonds is 6. The largest absolute Gasteiger partial charge is 0.356 e. The number of hydrogen-bond acceptors (Lipinski definition) is 5. The highest BCUT2D eigenvalue weighted by Gasteiger charge is 2.23. The number of amides is 3. The Morgan fingerprint density at radius 3 is 2.77 bits per heavy atom. The molecule has 158 valence electrons. The summed E-state index contributed by atoms with van der Waals surface area (Å²) in [5.41, 5.74) is 2.17. The molecule has 3 heterocycles. The fourth-order valence-corrected chi connectivity index (χ4v) is 5.69. The molecule has 3 amide bonds.